The van der Waals surface area contributed by atoms with Crippen molar-refractivity contribution in [2.45, 2.75) is 12.4 Å². The largest absolute Gasteiger partial charge is 0.479 e. The predicted molar refractivity (Wildman–Crippen MR) is 74.0 cm³/mol. The molecule has 0 radical (unpaired) electrons. The highest BCUT2D eigenvalue weighted by Gasteiger charge is 2.37. The highest BCUT2D eigenvalue weighted by Crippen LogP contribution is 2.39. The van der Waals surface area contributed by atoms with Crippen LogP contribution in [0.1, 0.15) is 11.1 Å². The number of halogens is 6. The molecule has 0 atom stereocenters. The molecule has 0 saturated carbocycles. The quantitative estimate of drug-likeness (QED) is 0.589. The average Bonchev–Trinajstić information content (AvgIpc) is 2.51. The highest BCUT2D eigenvalue weighted by molar-refractivity contribution is 5.68. The van der Waals surface area contributed by atoms with E-state index in [1.807, 2.05) is 0 Å². The van der Waals surface area contributed by atoms with Crippen molar-refractivity contribution in [2.24, 2.45) is 0 Å². The molecule has 2 nitrogen and oxygen atoms in total. The van der Waals surface area contributed by atoms with E-state index in [1.165, 1.54) is 18.3 Å². The van der Waals surface area contributed by atoms with Crippen molar-refractivity contribution in [1.29, 1.82) is 0 Å². The monoisotopic (exact) mass is 345 g/mol. The first-order valence-corrected chi connectivity index (χ1v) is 6.44. The first-order valence-electron chi connectivity index (χ1n) is 6.44. The molecule has 2 rings (SSSR count). The van der Waals surface area contributed by atoms with Gasteiger partial charge in [0.1, 0.15) is 18.1 Å². The second-order valence-electron chi connectivity index (χ2n) is 4.64. The number of alkyl halides is 6. The Morgan fingerprint density at radius 2 is 1.58 bits per heavy atom. The number of ether oxygens (including phenoxy) is 1. The molecule has 0 amide bonds. The van der Waals surface area contributed by atoms with Crippen molar-refractivity contribution < 1.29 is 31.1 Å². The van der Waals surface area contributed by atoms with Gasteiger partial charge in [0.15, 0.2) is 0 Å². The lowest BCUT2D eigenvalue weighted by molar-refractivity contribution is -0.143. The molecule has 0 N–H and O–H groups in total. The third kappa shape index (κ3) is 3.98. The van der Waals surface area contributed by atoms with Gasteiger partial charge in [-0.15, -0.1) is 6.42 Å². The van der Waals surface area contributed by atoms with Crippen LogP contribution in [-0.4, -0.2) is 11.6 Å². The normalized spacial score (nSPS) is 11.9. The van der Waals surface area contributed by atoms with Crippen LogP contribution in [0.4, 0.5) is 26.3 Å². The second-order valence-corrected chi connectivity index (χ2v) is 4.64. The highest BCUT2D eigenvalue weighted by atomic mass is 19.4. The molecule has 24 heavy (non-hydrogen) atoms. The topological polar surface area (TPSA) is 22.1 Å². The van der Waals surface area contributed by atoms with Crippen LogP contribution in [-0.2, 0) is 12.4 Å². The number of nitrogens with zero attached hydrogens (tertiary/aromatic N) is 1. The Hall–Kier alpha value is -2.69. The lowest BCUT2D eigenvalue weighted by Gasteiger charge is -2.15. The maximum absolute atomic E-state index is 12.9. The number of rotatable bonds is 3. The number of aromatic nitrogens is 1. The zero-order valence-electron chi connectivity index (χ0n) is 11.9. The molecule has 0 bridgehead atoms. The Morgan fingerprint density at radius 1 is 1.00 bits per heavy atom. The SMILES string of the molecule is C#CCOc1cccnc1-c1cc(C(F)(F)F)cc(C(F)(F)F)c1. The van der Waals surface area contributed by atoms with Gasteiger partial charge in [0, 0.05) is 11.8 Å². The van der Waals surface area contributed by atoms with Gasteiger partial charge in [0.25, 0.3) is 0 Å². The summed E-state index contributed by atoms with van der Waals surface area (Å²) in [7, 11) is 0. The molecule has 2 aromatic rings. The molecule has 0 aliphatic heterocycles. The number of terminal acetylenes is 1. The van der Waals surface area contributed by atoms with E-state index in [1.54, 1.807) is 0 Å². The molecule has 0 unspecified atom stereocenters. The van der Waals surface area contributed by atoms with E-state index in [2.05, 4.69) is 10.9 Å². The Labute approximate surface area is 133 Å². The summed E-state index contributed by atoms with van der Waals surface area (Å²) in [5.41, 5.74) is -3.39. The molecule has 126 valence electrons. The zero-order chi connectivity index (χ0) is 18.0. The Kier molecular flexibility index (Phi) is 4.73. The lowest BCUT2D eigenvalue weighted by atomic mass is 10.0. The third-order valence-electron chi connectivity index (χ3n) is 2.94. The van der Waals surface area contributed by atoms with E-state index in [9.17, 15) is 26.3 Å². The van der Waals surface area contributed by atoms with Crippen LogP contribution in [0.2, 0.25) is 0 Å². The minimum Gasteiger partial charge on any atom is -0.479 e. The van der Waals surface area contributed by atoms with Gasteiger partial charge in [-0.2, -0.15) is 26.3 Å². The van der Waals surface area contributed by atoms with Crippen molar-refractivity contribution in [3.63, 3.8) is 0 Å². The fourth-order valence-electron chi connectivity index (χ4n) is 1.93. The second kappa shape index (κ2) is 6.43. The number of hydrogen-bond donors (Lipinski definition) is 0. The van der Waals surface area contributed by atoms with Crippen molar-refractivity contribution >= 4 is 0 Å². The smallest absolute Gasteiger partial charge is 0.416 e. The summed E-state index contributed by atoms with van der Waals surface area (Å²) in [6.45, 7) is -0.205. The van der Waals surface area contributed by atoms with Crippen molar-refractivity contribution in [3.8, 4) is 29.4 Å². The molecule has 8 heteroatoms. The van der Waals surface area contributed by atoms with E-state index in [0.29, 0.717) is 12.1 Å². The predicted octanol–water partition coefficient (Wildman–Crippen LogP) is 4.80. The van der Waals surface area contributed by atoms with E-state index in [0.717, 1.165) is 0 Å². The third-order valence-corrected chi connectivity index (χ3v) is 2.94. The number of benzene rings is 1. The van der Waals surface area contributed by atoms with Gasteiger partial charge in [-0.25, -0.2) is 0 Å². The van der Waals surface area contributed by atoms with Crippen LogP contribution in [0.3, 0.4) is 0 Å². The summed E-state index contributed by atoms with van der Waals surface area (Å²) < 4.78 is 82.6. The summed E-state index contributed by atoms with van der Waals surface area (Å²) in [5.74, 6) is 2.14. The summed E-state index contributed by atoms with van der Waals surface area (Å²) in [6.07, 6.45) is -3.62. The van der Waals surface area contributed by atoms with Crippen LogP contribution >= 0.6 is 0 Å². The first-order chi connectivity index (χ1) is 11.1. The summed E-state index contributed by atoms with van der Waals surface area (Å²) in [4.78, 5) is 3.82. The van der Waals surface area contributed by atoms with Gasteiger partial charge < -0.3 is 4.74 Å². The van der Waals surface area contributed by atoms with Crippen LogP contribution in [0.15, 0.2) is 36.5 Å². The van der Waals surface area contributed by atoms with Crippen LogP contribution in [0.25, 0.3) is 11.3 Å². The zero-order valence-corrected chi connectivity index (χ0v) is 11.9. The summed E-state index contributed by atoms with van der Waals surface area (Å²) in [6, 6.07) is 4.00. The van der Waals surface area contributed by atoms with Crippen molar-refractivity contribution in [1.82, 2.24) is 4.98 Å². The molecule has 1 aromatic heterocycles. The van der Waals surface area contributed by atoms with Gasteiger partial charge in [0.05, 0.1) is 11.1 Å². The fourth-order valence-corrected chi connectivity index (χ4v) is 1.93. The van der Waals surface area contributed by atoms with E-state index in [-0.39, 0.29) is 29.7 Å². The van der Waals surface area contributed by atoms with E-state index < -0.39 is 23.5 Å². The van der Waals surface area contributed by atoms with Crippen molar-refractivity contribution in [2.75, 3.05) is 6.61 Å². The van der Waals surface area contributed by atoms with Gasteiger partial charge >= 0.3 is 12.4 Å². The van der Waals surface area contributed by atoms with E-state index >= 15 is 0 Å². The van der Waals surface area contributed by atoms with Crippen LogP contribution in [0.5, 0.6) is 5.75 Å². The van der Waals surface area contributed by atoms with Crippen LogP contribution in [0, 0.1) is 12.3 Å². The molecular weight excluding hydrogens is 336 g/mol. The standard InChI is InChI=1S/C16H9F6NO/c1-2-6-24-13-4-3-5-23-14(13)10-7-11(15(17,18)19)9-12(8-10)16(20,21)22/h1,3-5,7-9H,6H2. The molecule has 1 aromatic carbocycles. The molecule has 0 saturated heterocycles. The van der Waals surface area contributed by atoms with Gasteiger partial charge in [0.2, 0.25) is 0 Å². The summed E-state index contributed by atoms with van der Waals surface area (Å²) in [5, 5.41) is 0. The first kappa shape index (κ1) is 17.7. The Morgan fingerprint density at radius 3 is 2.08 bits per heavy atom. The van der Waals surface area contributed by atoms with Crippen LogP contribution < -0.4 is 4.74 Å². The summed E-state index contributed by atoms with van der Waals surface area (Å²) >= 11 is 0. The molecule has 0 aliphatic carbocycles. The molecule has 0 fully saturated rings. The van der Waals surface area contributed by atoms with Gasteiger partial charge in [-0.05, 0) is 30.3 Å². The minimum atomic E-state index is -4.94. The Balaban J connectivity index is 2.65. The minimum absolute atomic E-state index is 0.0112. The van der Waals surface area contributed by atoms with Gasteiger partial charge in [-0.3, -0.25) is 4.98 Å². The van der Waals surface area contributed by atoms with E-state index in [4.69, 9.17) is 11.2 Å². The molecular formula is C16H9F6NO. The number of hydrogen-bond acceptors (Lipinski definition) is 2. The molecule has 0 aliphatic rings. The van der Waals surface area contributed by atoms with Gasteiger partial charge in [-0.1, -0.05) is 5.92 Å². The van der Waals surface area contributed by atoms with Crippen molar-refractivity contribution in [3.05, 3.63) is 47.7 Å². The number of pyridine rings is 1. The molecule has 0 spiro atoms. The average molecular weight is 345 g/mol. The fraction of sp³-hybridized carbons (Fsp3) is 0.188. The maximum atomic E-state index is 12.9. The lowest BCUT2D eigenvalue weighted by Crippen LogP contribution is -2.11. The molecule has 1 heterocycles. The maximum Gasteiger partial charge on any atom is 0.416 e. The Bertz CT molecular complexity index is 741.